The number of phenolic OH excluding ortho intramolecular Hbond substituents is 1. The number of imide groups is 1. The molecule has 0 saturated carbocycles. The summed E-state index contributed by atoms with van der Waals surface area (Å²) in [5.74, 6) is -0.228. The number of carbonyl (C=O) groups is 2. The first kappa shape index (κ1) is 17.0. The monoisotopic (exact) mass is 498 g/mol. The molecule has 0 bridgehead atoms. The topological polar surface area (TPSA) is 69.6 Å². The summed E-state index contributed by atoms with van der Waals surface area (Å²) in [4.78, 5) is 25.7. The number of urea groups is 1. The zero-order chi connectivity index (χ0) is 17.3. The summed E-state index contributed by atoms with van der Waals surface area (Å²) >= 11 is 5.26. The van der Waals surface area contributed by atoms with Crippen LogP contribution in [-0.4, -0.2) is 21.9 Å². The van der Waals surface area contributed by atoms with Gasteiger partial charge < -0.3 is 10.4 Å². The number of aromatic hydroxyl groups is 1. The van der Waals surface area contributed by atoms with Crippen molar-refractivity contribution in [3.05, 3.63) is 67.3 Å². The molecular weight excluding hydrogens is 487 g/mol. The highest BCUT2D eigenvalue weighted by atomic mass is 127. The minimum Gasteiger partial charge on any atom is -0.506 e. The zero-order valence-electron chi connectivity index (χ0n) is 12.3. The Hall–Kier alpha value is -1.87. The van der Waals surface area contributed by atoms with Crippen LogP contribution in [0.25, 0.3) is 6.08 Å². The molecule has 1 fully saturated rings. The second-order valence-corrected chi connectivity index (χ2v) is 7.21. The van der Waals surface area contributed by atoms with Crippen LogP contribution in [0.4, 0.5) is 4.79 Å². The molecule has 3 rings (SSSR count). The average Bonchev–Trinajstić information content (AvgIpc) is 2.81. The molecule has 3 amide bonds. The molecule has 5 nitrogen and oxygen atoms in total. The van der Waals surface area contributed by atoms with Gasteiger partial charge in [0.05, 0.1) is 14.6 Å². The van der Waals surface area contributed by atoms with Gasteiger partial charge in [0.2, 0.25) is 0 Å². The summed E-state index contributed by atoms with van der Waals surface area (Å²) in [5.41, 5.74) is 1.79. The average molecular weight is 499 g/mol. The smallest absolute Gasteiger partial charge is 0.329 e. The summed E-state index contributed by atoms with van der Waals surface area (Å²) in [6.45, 7) is 0.222. The first-order valence-electron chi connectivity index (χ1n) is 7.02. The fourth-order valence-corrected chi connectivity index (χ4v) is 3.81. The van der Waals surface area contributed by atoms with Crippen LogP contribution in [0.2, 0.25) is 0 Å². The molecule has 2 aromatic carbocycles. The molecule has 1 aliphatic heterocycles. The molecule has 7 heteroatoms. The number of hydrogen-bond donors (Lipinski definition) is 2. The first-order valence-corrected chi connectivity index (χ1v) is 8.89. The van der Waals surface area contributed by atoms with E-state index in [9.17, 15) is 14.7 Å². The third-order valence-electron chi connectivity index (χ3n) is 3.50. The molecule has 0 aromatic heterocycles. The second-order valence-electron chi connectivity index (χ2n) is 5.20. The third kappa shape index (κ3) is 3.46. The molecule has 2 N–H and O–H groups in total. The van der Waals surface area contributed by atoms with Gasteiger partial charge in [0.25, 0.3) is 5.91 Å². The van der Waals surface area contributed by atoms with E-state index >= 15 is 0 Å². The molecule has 2 aromatic rings. The summed E-state index contributed by atoms with van der Waals surface area (Å²) in [6.07, 6.45) is 1.59. The molecule has 0 aliphatic carbocycles. The highest BCUT2D eigenvalue weighted by molar-refractivity contribution is 14.1. The lowest BCUT2D eigenvalue weighted by molar-refractivity contribution is -0.123. The van der Waals surface area contributed by atoms with E-state index in [1.54, 1.807) is 18.2 Å². The fourth-order valence-electron chi connectivity index (χ4n) is 2.32. The van der Waals surface area contributed by atoms with Gasteiger partial charge in [-0.1, -0.05) is 30.3 Å². The van der Waals surface area contributed by atoms with Gasteiger partial charge in [-0.05, 0) is 67.9 Å². The summed E-state index contributed by atoms with van der Waals surface area (Å²) in [7, 11) is 0. The van der Waals surface area contributed by atoms with Gasteiger partial charge in [-0.2, -0.15) is 0 Å². The molecule has 1 aliphatic rings. The lowest BCUT2D eigenvalue weighted by Crippen LogP contribution is -2.30. The molecule has 122 valence electrons. The Labute approximate surface area is 160 Å². The maximum atomic E-state index is 12.5. The van der Waals surface area contributed by atoms with E-state index in [1.807, 2.05) is 52.9 Å². The van der Waals surface area contributed by atoms with Crippen LogP contribution in [0.5, 0.6) is 5.75 Å². The molecule has 0 unspecified atom stereocenters. The van der Waals surface area contributed by atoms with Crippen LogP contribution in [0.1, 0.15) is 11.1 Å². The van der Waals surface area contributed by atoms with Crippen molar-refractivity contribution in [2.45, 2.75) is 6.54 Å². The number of carbonyl (C=O) groups excluding carboxylic acids is 2. The van der Waals surface area contributed by atoms with Crippen molar-refractivity contribution in [1.82, 2.24) is 10.2 Å². The molecule has 0 radical (unpaired) electrons. The maximum absolute atomic E-state index is 12.5. The standard InChI is InChI=1S/C17H12BrIN2O3/c18-12-6-11(7-13(19)15(12)22)8-14-16(23)21(17(24)20-14)9-10-4-2-1-3-5-10/h1-8,22H,9H2,(H,20,24). The van der Waals surface area contributed by atoms with E-state index in [0.717, 1.165) is 5.56 Å². The Kier molecular flexibility index (Phi) is 4.91. The molecule has 0 spiro atoms. The number of phenols is 1. The van der Waals surface area contributed by atoms with E-state index in [0.29, 0.717) is 13.6 Å². The van der Waals surface area contributed by atoms with Crippen molar-refractivity contribution < 1.29 is 14.7 Å². The number of halogens is 2. The largest absolute Gasteiger partial charge is 0.506 e. The van der Waals surface area contributed by atoms with Crippen LogP contribution in [-0.2, 0) is 11.3 Å². The molecule has 1 heterocycles. The quantitative estimate of drug-likeness (QED) is 0.383. The molecule has 0 atom stereocenters. The van der Waals surface area contributed by atoms with E-state index < -0.39 is 6.03 Å². The van der Waals surface area contributed by atoms with Crippen LogP contribution >= 0.6 is 38.5 Å². The highest BCUT2D eigenvalue weighted by Crippen LogP contribution is 2.31. The van der Waals surface area contributed by atoms with Gasteiger partial charge in [-0.25, -0.2) is 4.79 Å². The number of benzene rings is 2. The second kappa shape index (κ2) is 6.94. The number of amides is 3. The summed E-state index contributed by atoms with van der Waals surface area (Å²) in [5, 5.41) is 12.4. The summed E-state index contributed by atoms with van der Waals surface area (Å²) in [6, 6.07) is 12.3. The van der Waals surface area contributed by atoms with Gasteiger partial charge in [-0.15, -0.1) is 0 Å². The fraction of sp³-hybridized carbons (Fsp3) is 0.0588. The Morgan fingerprint density at radius 1 is 1.21 bits per heavy atom. The Morgan fingerprint density at radius 3 is 2.58 bits per heavy atom. The molecule has 24 heavy (non-hydrogen) atoms. The number of nitrogens with zero attached hydrogens (tertiary/aromatic N) is 1. The Balaban J connectivity index is 1.86. The third-order valence-corrected chi connectivity index (χ3v) is 4.92. The van der Waals surface area contributed by atoms with Crippen LogP contribution in [0, 0.1) is 3.57 Å². The number of rotatable bonds is 3. The summed E-state index contributed by atoms with van der Waals surface area (Å²) < 4.78 is 1.17. The van der Waals surface area contributed by atoms with E-state index in [4.69, 9.17) is 0 Å². The molecule has 1 saturated heterocycles. The van der Waals surface area contributed by atoms with Crippen molar-refractivity contribution in [3.63, 3.8) is 0 Å². The van der Waals surface area contributed by atoms with Crippen molar-refractivity contribution >= 4 is 56.5 Å². The number of hydrogen-bond acceptors (Lipinski definition) is 3. The predicted molar refractivity (Wildman–Crippen MR) is 102 cm³/mol. The highest BCUT2D eigenvalue weighted by Gasteiger charge is 2.33. The lowest BCUT2D eigenvalue weighted by Gasteiger charge is -2.11. The van der Waals surface area contributed by atoms with E-state index in [-0.39, 0.29) is 23.9 Å². The van der Waals surface area contributed by atoms with Crippen LogP contribution in [0.15, 0.2) is 52.6 Å². The normalized spacial score (nSPS) is 15.9. The lowest BCUT2D eigenvalue weighted by atomic mass is 10.1. The SMILES string of the molecule is O=C1NC(=Cc2cc(Br)c(O)c(I)c2)C(=O)N1Cc1ccccc1. The Morgan fingerprint density at radius 2 is 1.92 bits per heavy atom. The predicted octanol–water partition coefficient (Wildman–Crippen LogP) is 3.85. The van der Waals surface area contributed by atoms with Crippen LogP contribution in [0.3, 0.4) is 0 Å². The van der Waals surface area contributed by atoms with E-state index in [1.165, 1.54) is 4.90 Å². The van der Waals surface area contributed by atoms with Crippen molar-refractivity contribution in [1.29, 1.82) is 0 Å². The van der Waals surface area contributed by atoms with Crippen molar-refractivity contribution in [2.75, 3.05) is 0 Å². The van der Waals surface area contributed by atoms with Crippen LogP contribution < -0.4 is 5.32 Å². The van der Waals surface area contributed by atoms with Gasteiger partial charge in [-0.3, -0.25) is 9.69 Å². The van der Waals surface area contributed by atoms with Gasteiger partial charge in [0.1, 0.15) is 11.4 Å². The zero-order valence-corrected chi connectivity index (χ0v) is 16.0. The van der Waals surface area contributed by atoms with Gasteiger partial charge in [0, 0.05) is 0 Å². The minimum absolute atomic E-state index is 0.144. The maximum Gasteiger partial charge on any atom is 0.329 e. The minimum atomic E-state index is -0.442. The first-order chi connectivity index (χ1) is 11.5. The Bertz CT molecular complexity index is 829. The van der Waals surface area contributed by atoms with Crippen molar-refractivity contribution in [2.24, 2.45) is 0 Å². The van der Waals surface area contributed by atoms with Crippen molar-refractivity contribution in [3.8, 4) is 5.75 Å². The van der Waals surface area contributed by atoms with Gasteiger partial charge >= 0.3 is 6.03 Å². The molecular formula is C17H12BrIN2O3. The number of nitrogens with one attached hydrogen (secondary N) is 1. The van der Waals surface area contributed by atoms with E-state index in [2.05, 4.69) is 21.2 Å². The van der Waals surface area contributed by atoms with Gasteiger partial charge in [0.15, 0.2) is 0 Å².